The second kappa shape index (κ2) is 6.31. The highest BCUT2D eigenvalue weighted by atomic mass is 79.9. The van der Waals surface area contributed by atoms with Crippen LogP contribution in [-0.4, -0.2) is 50.4 Å². The number of halogens is 2. The maximum Gasteiger partial charge on any atom is 0.260 e. The van der Waals surface area contributed by atoms with Crippen molar-refractivity contribution in [3.8, 4) is 5.75 Å². The molecule has 0 radical (unpaired) electrons. The first kappa shape index (κ1) is 16.2. The van der Waals surface area contributed by atoms with Crippen molar-refractivity contribution < 1.29 is 22.3 Å². The van der Waals surface area contributed by atoms with Gasteiger partial charge in [0.1, 0.15) is 0 Å². The predicted octanol–water partition coefficient (Wildman–Crippen LogP) is 1.61. The number of benzene rings is 1. The van der Waals surface area contributed by atoms with Gasteiger partial charge >= 0.3 is 0 Å². The minimum absolute atomic E-state index is 0.0148. The number of carbonyl (C=O) groups is 1. The molecule has 0 aromatic heterocycles. The summed E-state index contributed by atoms with van der Waals surface area (Å²) in [5.41, 5.74) is 0. The van der Waals surface area contributed by atoms with E-state index in [2.05, 4.69) is 15.9 Å². The molecule has 0 unspecified atom stereocenters. The molecular formula is C13H15BrFNO4S. The Labute approximate surface area is 131 Å². The van der Waals surface area contributed by atoms with Crippen molar-refractivity contribution in [2.24, 2.45) is 0 Å². The smallest absolute Gasteiger partial charge is 0.260 e. The van der Waals surface area contributed by atoms with Crippen LogP contribution in [0.15, 0.2) is 22.7 Å². The number of hydrogen-bond acceptors (Lipinski definition) is 4. The fourth-order valence-electron chi connectivity index (χ4n) is 2.12. The molecule has 1 aromatic carbocycles. The molecule has 1 aliphatic rings. The summed E-state index contributed by atoms with van der Waals surface area (Å²) in [4.78, 5) is 13.3. The summed E-state index contributed by atoms with van der Waals surface area (Å²) in [6, 6.07) is 3.94. The average Bonchev–Trinajstić information content (AvgIpc) is 2.77. The van der Waals surface area contributed by atoms with Crippen molar-refractivity contribution in [1.29, 1.82) is 0 Å². The molecular weight excluding hydrogens is 365 g/mol. The summed E-state index contributed by atoms with van der Waals surface area (Å²) in [6.45, 7) is -0.328. The Morgan fingerprint density at radius 1 is 1.52 bits per heavy atom. The van der Waals surface area contributed by atoms with Crippen LogP contribution in [0.2, 0.25) is 0 Å². The summed E-state index contributed by atoms with van der Waals surface area (Å²) in [5.74, 6) is -0.888. The Kier molecular flexibility index (Phi) is 4.88. The third-order valence-corrected chi connectivity index (χ3v) is 5.64. The zero-order valence-corrected chi connectivity index (χ0v) is 13.8. The van der Waals surface area contributed by atoms with Crippen molar-refractivity contribution >= 4 is 31.7 Å². The lowest BCUT2D eigenvalue weighted by atomic mass is 10.2. The SMILES string of the molecule is CN(C(=O)COc1ccc(Br)cc1F)[C@H]1CCS(=O)(=O)C1. The molecule has 1 heterocycles. The Balaban J connectivity index is 1.92. The average molecular weight is 380 g/mol. The normalized spacial score (nSPS) is 20.2. The van der Waals surface area contributed by atoms with Crippen molar-refractivity contribution in [1.82, 2.24) is 4.90 Å². The van der Waals surface area contributed by atoms with Gasteiger partial charge in [-0.15, -0.1) is 0 Å². The Hall–Kier alpha value is -1.15. The first-order chi connectivity index (χ1) is 9.78. The van der Waals surface area contributed by atoms with Gasteiger partial charge < -0.3 is 9.64 Å². The van der Waals surface area contributed by atoms with Crippen molar-refractivity contribution in [3.05, 3.63) is 28.5 Å². The van der Waals surface area contributed by atoms with Crippen molar-refractivity contribution in [2.45, 2.75) is 12.5 Å². The van der Waals surface area contributed by atoms with Gasteiger partial charge in [0, 0.05) is 17.6 Å². The highest BCUT2D eigenvalue weighted by Gasteiger charge is 2.32. The number of sulfone groups is 1. The molecule has 0 N–H and O–H groups in total. The molecule has 0 saturated carbocycles. The Morgan fingerprint density at radius 2 is 2.24 bits per heavy atom. The summed E-state index contributed by atoms with van der Waals surface area (Å²) < 4.78 is 42.1. The molecule has 1 saturated heterocycles. The van der Waals surface area contributed by atoms with Gasteiger partial charge in [0.05, 0.1) is 11.5 Å². The van der Waals surface area contributed by atoms with Crippen LogP contribution in [0.5, 0.6) is 5.75 Å². The molecule has 8 heteroatoms. The lowest BCUT2D eigenvalue weighted by Crippen LogP contribution is -2.40. The first-order valence-corrected chi connectivity index (χ1v) is 8.94. The minimum Gasteiger partial charge on any atom is -0.481 e. The number of rotatable bonds is 4. The first-order valence-electron chi connectivity index (χ1n) is 6.32. The zero-order valence-electron chi connectivity index (χ0n) is 11.4. The summed E-state index contributed by atoms with van der Waals surface area (Å²) in [7, 11) is -1.52. The van der Waals surface area contributed by atoms with Crippen molar-refractivity contribution in [3.63, 3.8) is 0 Å². The molecule has 1 amide bonds. The van der Waals surface area contributed by atoms with E-state index in [9.17, 15) is 17.6 Å². The van der Waals surface area contributed by atoms with Crippen LogP contribution in [0.4, 0.5) is 4.39 Å². The topological polar surface area (TPSA) is 63.7 Å². The van der Waals surface area contributed by atoms with E-state index in [1.54, 1.807) is 6.07 Å². The van der Waals surface area contributed by atoms with Gasteiger partial charge in [-0.3, -0.25) is 4.79 Å². The minimum atomic E-state index is -3.05. The highest BCUT2D eigenvalue weighted by molar-refractivity contribution is 9.10. The largest absolute Gasteiger partial charge is 0.481 e. The number of hydrogen-bond donors (Lipinski definition) is 0. The molecule has 21 heavy (non-hydrogen) atoms. The van der Waals surface area contributed by atoms with E-state index < -0.39 is 15.7 Å². The Bertz CT molecular complexity index is 650. The lowest BCUT2D eigenvalue weighted by molar-refractivity contribution is -0.133. The molecule has 1 aromatic rings. The van der Waals surface area contributed by atoms with Crippen LogP contribution in [0.3, 0.4) is 0 Å². The van der Waals surface area contributed by atoms with Gasteiger partial charge in [0.25, 0.3) is 5.91 Å². The molecule has 0 aliphatic carbocycles. The quantitative estimate of drug-likeness (QED) is 0.797. The number of likely N-dealkylation sites (N-methyl/N-ethyl adjacent to an activating group) is 1. The molecule has 1 atom stereocenters. The summed E-state index contributed by atoms with van der Waals surface area (Å²) in [6.07, 6.45) is 0.428. The van der Waals surface area contributed by atoms with Crippen molar-refractivity contribution in [2.75, 3.05) is 25.2 Å². The number of amides is 1. The highest BCUT2D eigenvalue weighted by Crippen LogP contribution is 2.22. The zero-order chi connectivity index (χ0) is 15.6. The third kappa shape index (κ3) is 4.16. The molecule has 0 bridgehead atoms. The fourth-order valence-corrected chi connectivity index (χ4v) is 4.23. The van der Waals surface area contributed by atoms with E-state index in [1.807, 2.05) is 0 Å². The van der Waals surface area contributed by atoms with E-state index in [0.29, 0.717) is 10.9 Å². The molecule has 1 aliphatic heterocycles. The number of ether oxygens (including phenoxy) is 1. The van der Waals surface area contributed by atoms with Crippen LogP contribution in [-0.2, 0) is 14.6 Å². The van der Waals surface area contributed by atoms with Gasteiger partial charge in [-0.1, -0.05) is 15.9 Å². The molecule has 5 nitrogen and oxygen atoms in total. The van der Waals surface area contributed by atoms with Gasteiger partial charge in [-0.05, 0) is 24.6 Å². The maximum atomic E-state index is 13.5. The monoisotopic (exact) mass is 379 g/mol. The standard InChI is InChI=1S/C13H15BrFNO4S/c1-16(10-4-5-21(18,19)8-10)13(17)7-20-12-3-2-9(14)6-11(12)15/h2-3,6,10H,4-5,7-8H2,1H3/t10-/m0/s1. The molecule has 2 rings (SSSR count). The third-order valence-electron chi connectivity index (χ3n) is 3.39. The van der Waals surface area contributed by atoms with E-state index in [1.165, 1.54) is 24.1 Å². The van der Waals surface area contributed by atoms with Crippen LogP contribution >= 0.6 is 15.9 Å². The van der Waals surface area contributed by atoms with E-state index in [-0.39, 0.29) is 35.8 Å². The number of nitrogens with zero attached hydrogens (tertiary/aromatic N) is 1. The van der Waals surface area contributed by atoms with Gasteiger partial charge in [-0.2, -0.15) is 0 Å². The second-order valence-corrected chi connectivity index (χ2v) is 8.07. The fraction of sp³-hybridized carbons (Fsp3) is 0.462. The van der Waals surface area contributed by atoms with E-state index >= 15 is 0 Å². The Morgan fingerprint density at radius 3 is 2.81 bits per heavy atom. The van der Waals surface area contributed by atoms with Gasteiger partial charge in [-0.25, -0.2) is 12.8 Å². The van der Waals surface area contributed by atoms with E-state index in [4.69, 9.17) is 4.74 Å². The second-order valence-electron chi connectivity index (χ2n) is 4.92. The van der Waals surface area contributed by atoms with Crippen LogP contribution in [0, 0.1) is 5.82 Å². The molecule has 1 fully saturated rings. The lowest BCUT2D eigenvalue weighted by Gasteiger charge is -2.23. The van der Waals surface area contributed by atoms with Gasteiger partial charge in [0.15, 0.2) is 28.0 Å². The summed E-state index contributed by atoms with van der Waals surface area (Å²) in [5, 5.41) is 0. The van der Waals surface area contributed by atoms with Crippen LogP contribution in [0.1, 0.15) is 6.42 Å². The van der Waals surface area contributed by atoms with Crippen LogP contribution < -0.4 is 4.74 Å². The molecule has 0 spiro atoms. The maximum absolute atomic E-state index is 13.5. The van der Waals surface area contributed by atoms with E-state index in [0.717, 1.165) is 0 Å². The summed E-state index contributed by atoms with van der Waals surface area (Å²) >= 11 is 3.13. The predicted molar refractivity (Wildman–Crippen MR) is 79.4 cm³/mol. The molecule has 116 valence electrons. The van der Waals surface area contributed by atoms with Crippen LogP contribution in [0.25, 0.3) is 0 Å². The van der Waals surface area contributed by atoms with Gasteiger partial charge in [0.2, 0.25) is 0 Å². The number of carbonyl (C=O) groups excluding carboxylic acids is 1.